The van der Waals surface area contributed by atoms with Crippen molar-refractivity contribution < 1.29 is 23.9 Å². The standard InChI is InChI=1S/C22H21IN2O6/c1-12(2)11-30-20-16(23)8-14(10-19(20)29-4)9-17-22(26)31-21(24-17)15-6-5-7-18(13(15)3)25(27)28/h5-10,12H,11H2,1-4H3/b17-9-. The Morgan fingerprint density at radius 2 is 2.06 bits per heavy atom. The number of nitro benzene ring substituents is 1. The Hall–Kier alpha value is -2.95. The lowest BCUT2D eigenvalue weighted by atomic mass is 10.1. The number of nitro groups is 1. The first kappa shape index (κ1) is 22.7. The van der Waals surface area contributed by atoms with Crippen LogP contribution in [0, 0.1) is 26.5 Å². The highest BCUT2D eigenvalue weighted by molar-refractivity contribution is 14.1. The van der Waals surface area contributed by atoms with Gasteiger partial charge in [0.1, 0.15) is 0 Å². The minimum Gasteiger partial charge on any atom is -0.493 e. The van der Waals surface area contributed by atoms with Crippen LogP contribution in [0.5, 0.6) is 11.5 Å². The summed E-state index contributed by atoms with van der Waals surface area (Å²) in [6.45, 7) is 6.26. The number of benzene rings is 2. The van der Waals surface area contributed by atoms with Gasteiger partial charge >= 0.3 is 5.97 Å². The molecule has 0 bridgehead atoms. The molecule has 0 unspecified atom stereocenters. The molecule has 1 heterocycles. The van der Waals surface area contributed by atoms with Crippen molar-refractivity contribution in [3.63, 3.8) is 0 Å². The molecule has 8 nitrogen and oxygen atoms in total. The van der Waals surface area contributed by atoms with E-state index in [1.165, 1.54) is 12.1 Å². The minimum absolute atomic E-state index is 0.0380. The van der Waals surface area contributed by atoms with Gasteiger partial charge < -0.3 is 14.2 Å². The molecule has 162 valence electrons. The normalized spacial score (nSPS) is 14.6. The molecule has 1 aliphatic heterocycles. The van der Waals surface area contributed by atoms with Crippen molar-refractivity contribution in [3.05, 3.63) is 66.4 Å². The summed E-state index contributed by atoms with van der Waals surface area (Å²) in [6.07, 6.45) is 1.58. The zero-order valence-corrected chi connectivity index (χ0v) is 19.6. The van der Waals surface area contributed by atoms with Crippen molar-refractivity contribution in [1.29, 1.82) is 0 Å². The molecular weight excluding hydrogens is 515 g/mol. The molecule has 2 aromatic carbocycles. The highest BCUT2D eigenvalue weighted by Gasteiger charge is 2.27. The number of hydrogen-bond acceptors (Lipinski definition) is 7. The van der Waals surface area contributed by atoms with E-state index in [-0.39, 0.29) is 17.3 Å². The van der Waals surface area contributed by atoms with Gasteiger partial charge in [0.2, 0.25) is 5.90 Å². The molecule has 0 radical (unpaired) electrons. The van der Waals surface area contributed by atoms with Gasteiger partial charge in [-0.1, -0.05) is 19.9 Å². The first-order valence-corrected chi connectivity index (χ1v) is 10.6. The van der Waals surface area contributed by atoms with E-state index in [9.17, 15) is 14.9 Å². The molecule has 0 atom stereocenters. The van der Waals surface area contributed by atoms with Gasteiger partial charge in [-0.05, 0) is 65.3 Å². The predicted octanol–water partition coefficient (Wildman–Crippen LogP) is 4.90. The summed E-state index contributed by atoms with van der Waals surface area (Å²) in [5.74, 6) is 0.959. The largest absolute Gasteiger partial charge is 0.493 e. The lowest BCUT2D eigenvalue weighted by molar-refractivity contribution is -0.385. The maximum Gasteiger partial charge on any atom is 0.363 e. The number of carbonyl (C=O) groups is 1. The Bertz CT molecular complexity index is 1110. The highest BCUT2D eigenvalue weighted by Crippen LogP contribution is 2.35. The average molecular weight is 536 g/mol. The van der Waals surface area contributed by atoms with Gasteiger partial charge in [-0.15, -0.1) is 0 Å². The number of carbonyl (C=O) groups excluding carboxylic acids is 1. The van der Waals surface area contributed by atoms with Gasteiger partial charge in [0.15, 0.2) is 17.2 Å². The highest BCUT2D eigenvalue weighted by atomic mass is 127. The SMILES string of the molecule is COc1cc(/C=C2\N=C(c3cccc([N+](=O)[O-])c3C)OC2=O)cc(I)c1OCC(C)C. The lowest BCUT2D eigenvalue weighted by Crippen LogP contribution is -2.08. The third-order valence-corrected chi connectivity index (χ3v) is 5.27. The molecule has 2 aromatic rings. The molecule has 0 aromatic heterocycles. The molecule has 3 rings (SSSR count). The van der Waals surface area contributed by atoms with Gasteiger partial charge in [0.05, 0.1) is 22.2 Å². The smallest absolute Gasteiger partial charge is 0.363 e. The Balaban J connectivity index is 1.96. The van der Waals surface area contributed by atoms with Crippen molar-refractivity contribution in [3.8, 4) is 11.5 Å². The molecular formula is C22H21IN2O6. The molecule has 0 N–H and O–H groups in total. The van der Waals surface area contributed by atoms with E-state index in [2.05, 4.69) is 41.4 Å². The van der Waals surface area contributed by atoms with E-state index >= 15 is 0 Å². The molecule has 1 aliphatic rings. The minimum atomic E-state index is -0.630. The predicted molar refractivity (Wildman–Crippen MR) is 124 cm³/mol. The van der Waals surface area contributed by atoms with Crippen LogP contribution in [0.15, 0.2) is 41.0 Å². The van der Waals surface area contributed by atoms with E-state index in [1.807, 2.05) is 6.07 Å². The van der Waals surface area contributed by atoms with E-state index in [1.54, 1.807) is 32.2 Å². The fourth-order valence-electron chi connectivity index (χ4n) is 2.95. The molecule has 0 aliphatic carbocycles. The molecule has 0 saturated heterocycles. The number of ether oxygens (including phenoxy) is 3. The number of cyclic esters (lactones) is 1. The van der Waals surface area contributed by atoms with Crippen LogP contribution in [0.2, 0.25) is 0 Å². The fraction of sp³-hybridized carbons (Fsp3) is 0.273. The van der Waals surface area contributed by atoms with Crippen molar-refractivity contribution in [2.24, 2.45) is 10.9 Å². The van der Waals surface area contributed by atoms with Gasteiger partial charge in [0, 0.05) is 17.2 Å². The average Bonchev–Trinajstić information content (AvgIpc) is 3.06. The van der Waals surface area contributed by atoms with E-state index in [0.29, 0.717) is 40.7 Å². The Morgan fingerprint density at radius 3 is 2.71 bits per heavy atom. The van der Waals surface area contributed by atoms with E-state index < -0.39 is 10.9 Å². The van der Waals surface area contributed by atoms with Crippen molar-refractivity contribution >= 4 is 46.2 Å². The summed E-state index contributed by atoms with van der Waals surface area (Å²) in [6, 6.07) is 8.16. The second-order valence-electron chi connectivity index (χ2n) is 7.28. The van der Waals surface area contributed by atoms with Crippen LogP contribution in [-0.4, -0.2) is 30.5 Å². The summed E-state index contributed by atoms with van der Waals surface area (Å²) < 4.78 is 17.4. The van der Waals surface area contributed by atoms with Gasteiger partial charge in [-0.2, -0.15) is 0 Å². The van der Waals surface area contributed by atoms with Crippen LogP contribution in [0.4, 0.5) is 5.69 Å². The van der Waals surface area contributed by atoms with Crippen LogP contribution >= 0.6 is 22.6 Å². The number of aliphatic imine (C=N–C) groups is 1. The van der Waals surface area contributed by atoms with Crippen molar-refractivity contribution in [1.82, 2.24) is 0 Å². The zero-order valence-electron chi connectivity index (χ0n) is 17.5. The fourth-order valence-corrected chi connectivity index (χ4v) is 3.73. The number of methoxy groups -OCH3 is 1. The van der Waals surface area contributed by atoms with Crippen LogP contribution in [0.1, 0.15) is 30.5 Å². The summed E-state index contributed by atoms with van der Waals surface area (Å²) in [5.41, 5.74) is 1.49. The van der Waals surface area contributed by atoms with Crippen LogP contribution in [0.3, 0.4) is 0 Å². The zero-order chi connectivity index (χ0) is 22.7. The monoisotopic (exact) mass is 536 g/mol. The quantitative estimate of drug-likeness (QED) is 0.164. The lowest BCUT2D eigenvalue weighted by Gasteiger charge is -2.15. The summed E-state index contributed by atoms with van der Waals surface area (Å²) in [4.78, 5) is 27.4. The number of nitrogens with zero attached hydrogens (tertiary/aromatic N) is 2. The number of esters is 1. The summed E-state index contributed by atoms with van der Waals surface area (Å²) in [7, 11) is 1.55. The van der Waals surface area contributed by atoms with Gasteiger partial charge in [0.25, 0.3) is 5.69 Å². The topological polar surface area (TPSA) is 100 Å². The van der Waals surface area contributed by atoms with Crippen LogP contribution in [-0.2, 0) is 9.53 Å². The van der Waals surface area contributed by atoms with Crippen LogP contribution < -0.4 is 9.47 Å². The third kappa shape index (κ3) is 5.04. The third-order valence-electron chi connectivity index (χ3n) is 4.47. The maximum atomic E-state index is 12.4. The Labute approximate surface area is 193 Å². The molecule has 0 spiro atoms. The number of hydrogen-bond donors (Lipinski definition) is 0. The molecule has 0 amide bonds. The second-order valence-corrected chi connectivity index (χ2v) is 8.44. The molecule has 31 heavy (non-hydrogen) atoms. The van der Waals surface area contributed by atoms with Crippen molar-refractivity contribution in [2.45, 2.75) is 20.8 Å². The summed E-state index contributed by atoms with van der Waals surface area (Å²) in [5, 5.41) is 11.2. The Morgan fingerprint density at radius 1 is 1.32 bits per heavy atom. The molecule has 9 heteroatoms. The summed E-state index contributed by atoms with van der Waals surface area (Å²) >= 11 is 2.15. The molecule has 0 saturated carbocycles. The second kappa shape index (κ2) is 9.46. The van der Waals surface area contributed by atoms with E-state index in [0.717, 1.165) is 3.57 Å². The maximum absolute atomic E-state index is 12.4. The van der Waals surface area contributed by atoms with Gasteiger partial charge in [-0.3, -0.25) is 10.1 Å². The first-order valence-electron chi connectivity index (χ1n) is 9.48. The van der Waals surface area contributed by atoms with Crippen molar-refractivity contribution in [2.75, 3.05) is 13.7 Å². The molecule has 0 fully saturated rings. The first-order chi connectivity index (χ1) is 14.7. The van der Waals surface area contributed by atoms with Gasteiger partial charge in [-0.25, -0.2) is 9.79 Å². The number of halogens is 1. The Kier molecular flexibility index (Phi) is 6.94. The number of rotatable bonds is 7. The van der Waals surface area contributed by atoms with Crippen LogP contribution in [0.25, 0.3) is 6.08 Å². The van der Waals surface area contributed by atoms with E-state index in [4.69, 9.17) is 14.2 Å².